The summed E-state index contributed by atoms with van der Waals surface area (Å²) in [4.78, 5) is 22.9. The lowest BCUT2D eigenvalue weighted by molar-refractivity contribution is -0.140. The number of hydrogen-bond acceptors (Lipinski definition) is 3. The van der Waals surface area contributed by atoms with Crippen molar-refractivity contribution >= 4 is 11.9 Å². The van der Waals surface area contributed by atoms with Gasteiger partial charge in [-0.05, 0) is 12.8 Å². The average Bonchev–Trinajstić information content (AvgIpc) is 2.25. The van der Waals surface area contributed by atoms with E-state index in [9.17, 15) is 9.59 Å². The maximum Gasteiger partial charge on any atom is 0.305 e. The third-order valence-electron chi connectivity index (χ3n) is 3.34. The number of carboxylic acids is 1. The molecule has 0 aliphatic carbocycles. The fraction of sp³-hybridized carbons (Fsp3) is 0.846. The van der Waals surface area contributed by atoms with Crippen LogP contribution in [0.4, 0.5) is 0 Å². The third kappa shape index (κ3) is 5.49. The molecule has 18 heavy (non-hydrogen) atoms. The summed E-state index contributed by atoms with van der Waals surface area (Å²) < 4.78 is 5.00. The highest BCUT2D eigenvalue weighted by Gasteiger charge is 2.32. The number of carbonyl (C=O) groups is 2. The maximum atomic E-state index is 12.1. The predicted octanol–water partition coefficient (Wildman–Crippen LogP) is 1.66. The minimum absolute atomic E-state index is 0.120. The van der Waals surface area contributed by atoms with Crippen LogP contribution in [0, 0.1) is 11.8 Å². The van der Waals surface area contributed by atoms with Gasteiger partial charge >= 0.3 is 5.97 Å². The van der Waals surface area contributed by atoms with Gasteiger partial charge in [0.15, 0.2) is 0 Å². The first-order chi connectivity index (χ1) is 8.25. The lowest BCUT2D eigenvalue weighted by Crippen LogP contribution is -2.52. The first kappa shape index (κ1) is 16.9. The molecule has 0 spiro atoms. The van der Waals surface area contributed by atoms with Gasteiger partial charge in [-0.15, -0.1) is 0 Å². The number of aliphatic carboxylic acids is 1. The van der Waals surface area contributed by atoms with Crippen LogP contribution >= 0.6 is 0 Å². The summed E-state index contributed by atoms with van der Waals surface area (Å²) in [6.07, 6.45) is 0.758. The van der Waals surface area contributed by atoms with Crippen LogP contribution in [0.25, 0.3) is 0 Å². The molecule has 0 saturated carbocycles. The van der Waals surface area contributed by atoms with Gasteiger partial charge in [0.2, 0.25) is 5.91 Å². The highest BCUT2D eigenvalue weighted by molar-refractivity contribution is 5.80. The topological polar surface area (TPSA) is 75.6 Å². The highest BCUT2D eigenvalue weighted by Crippen LogP contribution is 2.17. The second kappa shape index (κ2) is 7.36. The van der Waals surface area contributed by atoms with Crippen molar-refractivity contribution in [1.29, 1.82) is 0 Å². The Balaban J connectivity index is 4.67. The van der Waals surface area contributed by atoms with E-state index in [0.717, 1.165) is 6.42 Å². The smallest absolute Gasteiger partial charge is 0.305 e. The van der Waals surface area contributed by atoms with Gasteiger partial charge in [-0.1, -0.05) is 27.2 Å². The van der Waals surface area contributed by atoms with E-state index in [1.807, 2.05) is 20.8 Å². The molecule has 3 atom stereocenters. The Bertz CT molecular complexity index is 293. The normalized spacial score (nSPS) is 17.6. The van der Waals surface area contributed by atoms with Crippen LogP contribution in [0.3, 0.4) is 0 Å². The Kier molecular flexibility index (Phi) is 6.91. The van der Waals surface area contributed by atoms with Crippen LogP contribution in [0.15, 0.2) is 0 Å². The molecule has 0 saturated heterocycles. The fourth-order valence-corrected chi connectivity index (χ4v) is 1.81. The molecule has 2 N–H and O–H groups in total. The molecular formula is C13H25NO4. The highest BCUT2D eigenvalue weighted by atomic mass is 16.5. The summed E-state index contributed by atoms with van der Waals surface area (Å²) in [5.74, 6) is -0.946. The molecule has 0 aliphatic heterocycles. The zero-order chi connectivity index (χ0) is 14.3. The van der Waals surface area contributed by atoms with Gasteiger partial charge in [-0.3, -0.25) is 9.59 Å². The van der Waals surface area contributed by atoms with Crippen molar-refractivity contribution in [1.82, 2.24) is 5.32 Å². The van der Waals surface area contributed by atoms with Crippen LogP contribution < -0.4 is 5.32 Å². The van der Waals surface area contributed by atoms with Gasteiger partial charge in [0.05, 0.1) is 18.6 Å². The van der Waals surface area contributed by atoms with Gasteiger partial charge in [-0.2, -0.15) is 0 Å². The number of ether oxygens (including phenoxy) is 1. The molecule has 0 aromatic carbocycles. The second-order valence-corrected chi connectivity index (χ2v) is 5.23. The number of methoxy groups -OCH3 is 1. The Morgan fingerprint density at radius 3 is 2.33 bits per heavy atom. The number of carbonyl (C=O) groups excluding carboxylic acids is 1. The minimum atomic E-state index is -0.953. The van der Waals surface area contributed by atoms with Crippen LogP contribution in [0.1, 0.15) is 40.5 Å². The van der Waals surface area contributed by atoms with E-state index >= 15 is 0 Å². The van der Waals surface area contributed by atoms with Crippen molar-refractivity contribution in [2.45, 2.75) is 46.1 Å². The largest absolute Gasteiger partial charge is 0.481 e. The number of nitrogens with one attached hydrogen (secondary N) is 1. The lowest BCUT2D eigenvalue weighted by Gasteiger charge is -2.31. The Hall–Kier alpha value is -1.10. The summed E-state index contributed by atoms with van der Waals surface area (Å²) in [6, 6.07) is 0. The summed E-state index contributed by atoms with van der Waals surface area (Å²) in [6.45, 7) is 7.76. The van der Waals surface area contributed by atoms with Crippen LogP contribution in [0.2, 0.25) is 0 Å². The second-order valence-electron chi connectivity index (χ2n) is 5.23. The lowest BCUT2D eigenvalue weighted by atomic mass is 9.90. The Morgan fingerprint density at radius 2 is 1.94 bits per heavy atom. The van der Waals surface area contributed by atoms with Crippen molar-refractivity contribution in [2.75, 3.05) is 13.7 Å². The van der Waals surface area contributed by atoms with Gasteiger partial charge < -0.3 is 15.2 Å². The number of amides is 1. The van der Waals surface area contributed by atoms with Crippen LogP contribution in [0.5, 0.6) is 0 Å². The summed E-state index contributed by atoms with van der Waals surface area (Å²) in [7, 11) is 1.49. The quantitative estimate of drug-likeness (QED) is 0.695. The van der Waals surface area contributed by atoms with Crippen molar-refractivity contribution in [3.8, 4) is 0 Å². The molecule has 3 unspecified atom stereocenters. The van der Waals surface area contributed by atoms with E-state index in [2.05, 4.69) is 5.32 Å². The van der Waals surface area contributed by atoms with Gasteiger partial charge in [-0.25, -0.2) is 0 Å². The fourth-order valence-electron chi connectivity index (χ4n) is 1.81. The first-order valence-electron chi connectivity index (χ1n) is 6.28. The molecular weight excluding hydrogens is 234 g/mol. The molecule has 5 heteroatoms. The minimum Gasteiger partial charge on any atom is -0.481 e. The summed E-state index contributed by atoms with van der Waals surface area (Å²) >= 11 is 0. The average molecular weight is 259 g/mol. The van der Waals surface area contributed by atoms with E-state index in [1.54, 1.807) is 6.92 Å². The zero-order valence-corrected chi connectivity index (χ0v) is 11.9. The van der Waals surface area contributed by atoms with E-state index in [1.165, 1.54) is 7.11 Å². The standard InChI is InChI=1S/C13H25NO4/c1-6-9(2)10(3)12(17)14-13(4,8-18-5)7-11(15)16/h9-10H,6-8H2,1-5H3,(H,14,17)(H,15,16). The molecule has 0 rings (SSSR count). The Morgan fingerprint density at radius 1 is 1.39 bits per heavy atom. The van der Waals surface area contributed by atoms with E-state index < -0.39 is 11.5 Å². The summed E-state index contributed by atoms with van der Waals surface area (Å²) in [5.41, 5.74) is -0.862. The number of rotatable bonds is 8. The summed E-state index contributed by atoms with van der Waals surface area (Å²) in [5, 5.41) is 11.7. The van der Waals surface area contributed by atoms with E-state index in [4.69, 9.17) is 9.84 Å². The van der Waals surface area contributed by atoms with Gasteiger partial charge in [0.1, 0.15) is 0 Å². The van der Waals surface area contributed by atoms with Crippen LogP contribution in [-0.2, 0) is 14.3 Å². The predicted molar refractivity (Wildman–Crippen MR) is 69.3 cm³/mol. The van der Waals surface area contributed by atoms with Gasteiger partial charge in [0.25, 0.3) is 0 Å². The number of carboxylic acid groups (broad SMARTS) is 1. The molecule has 0 bridgehead atoms. The van der Waals surface area contributed by atoms with Crippen molar-refractivity contribution in [3.05, 3.63) is 0 Å². The van der Waals surface area contributed by atoms with Crippen molar-refractivity contribution < 1.29 is 19.4 Å². The van der Waals surface area contributed by atoms with E-state index in [0.29, 0.717) is 0 Å². The molecule has 0 heterocycles. The van der Waals surface area contributed by atoms with Crippen molar-refractivity contribution in [3.63, 3.8) is 0 Å². The molecule has 0 aromatic heterocycles. The van der Waals surface area contributed by atoms with Gasteiger partial charge in [0, 0.05) is 13.0 Å². The van der Waals surface area contributed by atoms with E-state index in [-0.39, 0.29) is 30.8 Å². The molecule has 106 valence electrons. The van der Waals surface area contributed by atoms with Crippen molar-refractivity contribution in [2.24, 2.45) is 11.8 Å². The first-order valence-corrected chi connectivity index (χ1v) is 6.28. The monoisotopic (exact) mass is 259 g/mol. The molecule has 1 amide bonds. The number of hydrogen-bond donors (Lipinski definition) is 2. The molecule has 5 nitrogen and oxygen atoms in total. The maximum absolute atomic E-state index is 12.1. The SMILES string of the molecule is CCC(C)C(C)C(=O)NC(C)(COC)CC(=O)O. The molecule has 0 aromatic rings. The van der Waals surface area contributed by atoms with Crippen LogP contribution in [-0.4, -0.2) is 36.2 Å². The molecule has 0 fully saturated rings. The molecule has 0 radical (unpaired) electrons. The zero-order valence-electron chi connectivity index (χ0n) is 11.9. The Labute approximate surface area is 109 Å². The molecule has 0 aliphatic rings. The third-order valence-corrected chi connectivity index (χ3v) is 3.34.